The number of carbonyl (C=O) groups is 1. The zero-order valence-electron chi connectivity index (χ0n) is 16.2. The molecule has 0 atom stereocenters. The minimum absolute atomic E-state index is 0.263. The molecule has 29 heavy (non-hydrogen) atoms. The fourth-order valence-corrected chi connectivity index (χ4v) is 3.44. The summed E-state index contributed by atoms with van der Waals surface area (Å²) in [6.45, 7) is 3.23. The second kappa shape index (κ2) is 8.19. The van der Waals surface area contributed by atoms with Crippen LogP contribution in [0, 0.1) is 0 Å². The summed E-state index contributed by atoms with van der Waals surface area (Å²) < 4.78 is 7.63. The minimum Gasteiger partial charge on any atom is -0.494 e. The fourth-order valence-electron chi connectivity index (χ4n) is 3.44. The van der Waals surface area contributed by atoms with E-state index in [1.807, 2.05) is 49.4 Å². The number of carboxylic acids is 1. The zero-order chi connectivity index (χ0) is 20.2. The summed E-state index contributed by atoms with van der Waals surface area (Å²) in [5.41, 5.74) is 4.15. The van der Waals surface area contributed by atoms with Crippen LogP contribution in [0.5, 0.6) is 5.75 Å². The van der Waals surface area contributed by atoms with Crippen LogP contribution in [-0.4, -0.2) is 27.2 Å². The molecule has 0 spiro atoms. The molecule has 0 unspecified atom stereocenters. The Balaban J connectivity index is 1.75. The summed E-state index contributed by atoms with van der Waals surface area (Å²) in [5.74, 6) is 0.808. The van der Waals surface area contributed by atoms with E-state index >= 15 is 0 Å². The van der Waals surface area contributed by atoms with Crippen LogP contribution < -0.4 is 4.74 Å². The highest BCUT2D eigenvalue weighted by Crippen LogP contribution is 2.23. The van der Waals surface area contributed by atoms with Gasteiger partial charge in [-0.05, 0) is 48.4 Å². The molecule has 3 aromatic carbocycles. The Morgan fingerprint density at radius 2 is 1.76 bits per heavy atom. The van der Waals surface area contributed by atoms with Crippen LogP contribution in [0.2, 0.25) is 0 Å². The average molecular weight is 386 g/mol. The van der Waals surface area contributed by atoms with E-state index in [-0.39, 0.29) is 5.56 Å². The Labute approximate surface area is 169 Å². The van der Waals surface area contributed by atoms with Crippen molar-refractivity contribution in [2.24, 2.45) is 0 Å². The van der Waals surface area contributed by atoms with Gasteiger partial charge in [0.25, 0.3) is 0 Å². The first-order valence-corrected chi connectivity index (χ1v) is 9.62. The highest BCUT2D eigenvalue weighted by Gasteiger charge is 2.14. The van der Waals surface area contributed by atoms with Crippen LogP contribution >= 0.6 is 0 Å². The highest BCUT2D eigenvalue weighted by molar-refractivity contribution is 5.92. The van der Waals surface area contributed by atoms with E-state index in [2.05, 4.69) is 16.7 Å². The van der Waals surface area contributed by atoms with Gasteiger partial charge in [0, 0.05) is 13.0 Å². The first-order valence-electron chi connectivity index (χ1n) is 9.62. The largest absolute Gasteiger partial charge is 0.494 e. The number of hydrogen-bond donors (Lipinski definition) is 1. The second-order valence-corrected chi connectivity index (χ2v) is 6.86. The van der Waals surface area contributed by atoms with E-state index in [1.54, 1.807) is 18.2 Å². The summed E-state index contributed by atoms with van der Waals surface area (Å²) in [6.07, 6.45) is 0.649. The van der Waals surface area contributed by atoms with Gasteiger partial charge in [-0.2, -0.15) is 0 Å². The van der Waals surface area contributed by atoms with Crippen molar-refractivity contribution >= 4 is 17.0 Å². The average Bonchev–Trinajstić information content (AvgIpc) is 3.06. The number of aromatic nitrogens is 2. The number of benzene rings is 3. The molecule has 0 saturated carbocycles. The summed E-state index contributed by atoms with van der Waals surface area (Å²) >= 11 is 0. The lowest BCUT2D eigenvalue weighted by atomic mass is 10.1. The van der Waals surface area contributed by atoms with Gasteiger partial charge in [-0.1, -0.05) is 42.5 Å². The molecule has 0 amide bonds. The summed E-state index contributed by atoms with van der Waals surface area (Å²) in [7, 11) is 0. The Kier molecular flexibility index (Phi) is 5.29. The quantitative estimate of drug-likeness (QED) is 0.497. The molecule has 146 valence electrons. The van der Waals surface area contributed by atoms with Crippen molar-refractivity contribution in [1.29, 1.82) is 0 Å². The highest BCUT2D eigenvalue weighted by atomic mass is 16.5. The number of nitrogens with zero attached hydrogens (tertiary/aromatic N) is 2. The summed E-state index contributed by atoms with van der Waals surface area (Å²) in [5, 5.41) is 9.40. The van der Waals surface area contributed by atoms with Crippen molar-refractivity contribution in [1.82, 2.24) is 9.55 Å². The molecule has 1 heterocycles. The van der Waals surface area contributed by atoms with Crippen molar-refractivity contribution in [2.45, 2.75) is 19.9 Å². The molecular weight excluding hydrogens is 364 g/mol. The molecule has 5 nitrogen and oxygen atoms in total. The van der Waals surface area contributed by atoms with E-state index in [9.17, 15) is 9.90 Å². The lowest BCUT2D eigenvalue weighted by Crippen LogP contribution is -2.06. The van der Waals surface area contributed by atoms with E-state index in [4.69, 9.17) is 9.72 Å². The van der Waals surface area contributed by atoms with Crippen LogP contribution in [0.1, 0.15) is 34.2 Å². The molecule has 4 aromatic rings. The standard InChI is InChI=1S/C24H22N2O3/c1-2-29-20-11-8-17(9-12-20)14-23-25-21-13-10-19(24(27)28)15-22(21)26(23)16-18-6-4-3-5-7-18/h3-13,15H,2,14,16H2,1H3,(H,27,28). The SMILES string of the molecule is CCOc1ccc(Cc2nc3ccc(C(=O)O)cc3n2Cc2ccccc2)cc1. The minimum atomic E-state index is -0.938. The predicted molar refractivity (Wildman–Crippen MR) is 113 cm³/mol. The van der Waals surface area contributed by atoms with E-state index in [0.29, 0.717) is 19.6 Å². The third kappa shape index (κ3) is 4.14. The van der Waals surface area contributed by atoms with Gasteiger partial charge in [0.2, 0.25) is 0 Å². The fraction of sp³-hybridized carbons (Fsp3) is 0.167. The maximum Gasteiger partial charge on any atom is 0.335 e. The maximum atomic E-state index is 11.5. The molecule has 0 fully saturated rings. The molecule has 1 N–H and O–H groups in total. The van der Waals surface area contributed by atoms with Crippen LogP contribution in [0.25, 0.3) is 11.0 Å². The smallest absolute Gasteiger partial charge is 0.335 e. The van der Waals surface area contributed by atoms with Gasteiger partial charge in [0.05, 0.1) is 23.2 Å². The molecule has 0 radical (unpaired) electrons. The molecule has 0 aliphatic carbocycles. The number of fused-ring (bicyclic) bond motifs is 1. The van der Waals surface area contributed by atoms with Crippen LogP contribution in [-0.2, 0) is 13.0 Å². The number of aromatic carboxylic acids is 1. The predicted octanol–water partition coefficient (Wildman–Crippen LogP) is 4.77. The third-order valence-electron chi connectivity index (χ3n) is 4.85. The van der Waals surface area contributed by atoms with Gasteiger partial charge in [-0.25, -0.2) is 9.78 Å². The topological polar surface area (TPSA) is 64.3 Å². The first kappa shape index (κ1) is 18.7. The third-order valence-corrected chi connectivity index (χ3v) is 4.85. The van der Waals surface area contributed by atoms with Gasteiger partial charge >= 0.3 is 5.97 Å². The number of imidazole rings is 1. The monoisotopic (exact) mass is 386 g/mol. The molecule has 4 rings (SSSR count). The number of carboxylic acid groups (broad SMARTS) is 1. The molecule has 1 aromatic heterocycles. The first-order chi connectivity index (χ1) is 14.1. The Morgan fingerprint density at radius 1 is 1.00 bits per heavy atom. The Morgan fingerprint density at radius 3 is 2.45 bits per heavy atom. The molecule has 0 aliphatic heterocycles. The van der Waals surface area contributed by atoms with Crippen LogP contribution in [0.4, 0.5) is 0 Å². The molecule has 0 aliphatic rings. The van der Waals surface area contributed by atoms with Crippen molar-refractivity contribution in [3.63, 3.8) is 0 Å². The van der Waals surface area contributed by atoms with Crippen molar-refractivity contribution in [3.8, 4) is 5.75 Å². The second-order valence-electron chi connectivity index (χ2n) is 6.86. The Bertz CT molecular complexity index is 1130. The number of ether oxygens (including phenoxy) is 1. The van der Waals surface area contributed by atoms with E-state index in [1.165, 1.54) is 0 Å². The maximum absolute atomic E-state index is 11.5. The van der Waals surface area contributed by atoms with Gasteiger partial charge in [0.1, 0.15) is 11.6 Å². The molecule has 0 saturated heterocycles. The summed E-state index contributed by atoms with van der Waals surface area (Å²) in [4.78, 5) is 16.3. The van der Waals surface area contributed by atoms with Gasteiger partial charge in [-0.15, -0.1) is 0 Å². The molecular formula is C24H22N2O3. The van der Waals surface area contributed by atoms with Crippen molar-refractivity contribution < 1.29 is 14.6 Å². The molecule has 5 heteroatoms. The number of hydrogen-bond acceptors (Lipinski definition) is 3. The van der Waals surface area contributed by atoms with Crippen molar-refractivity contribution in [2.75, 3.05) is 6.61 Å². The number of rotatable bonds is 7. The molecule has 0 bridgehead atoms. The zero-order valence-corrected chi connectivity index (χ0v) is 16.2. The normalized spacial score (nSPS) is 10.9. The van der Waals surface area contributed by atoms with E-state index < -0.39 is 5.97 Å². The summed E-state index contributed by atoms with van der Waals surface area (Å²) in [6, 6.07) is 23.2. The lowest BCUT2D eigenvalue weighted by Gasteiger charge is -2.10. The van der Waals surface area contributed by atoms with E-state index in [0.717, 1.165) is 33.7 Å². The van der Waals surface area contributed by atoms with Crippen LogP contribution in [0.15, 0.2) is 72.8 Å². The van der Waals surface area contributed by atoms with Crippen LogP contribution in [0.3, 0.4) is 0 Å². The lowest BCUT2D eigenvalue weighted by molar-refractivity contribution is 0.0697. The Hall–Kier alpha value is -3.60. The van der Waals surface area contributed by atoms with Gasteiger partial charge < -0.3 is 14.4 Å². The van der Waals surface area contributed by atoms with Gasteiger partial charge in [0.15, 0.2) is 0 Å². The van der Waals surface area contributed by atoms with Gasteiger partial charge in [-0.3, -0.25) is 0 Å². The van der Waals surface area contributed by atoms with Crippen molar-refractivity contribution in [3.05, 3.63) is 95.3 Å².